The number of anilines is 1. The Labute approximate surface area is 126 Å². The van der Waals surface area contributed by atoms with E-state index >= 15 is 0 Å². The molecule has 1 unspecified atom stereocenters. The van der Waals surface area contributed by atoms with Crippen molar-refractivity contribution in [3.05, 3.63) is 64.6 Å². The molecule has 1 amide bonds. The van der Waals surface area contributed by atoms with Gasteiger partial charge in [0.05, 0.1) is 6.07 Å². The van der Waals surface area contributed by atoms with Crippen LogP contribution in [-0.2, 0) is 11.2 Å². The van der Waals surface area contributed by atoms with Crippen LogP contribution in [0.4, 0.5) is 5.69 Å². The number of carbonyl (C=O) groups excluding carboxylic acids is 1. The van der Waals surface area contributed by atoms with E-state index < -0.39 is 5.92 Å². The summed E-state index contributed by atoms with van der Waals surface area (Å²) in [6, 6.07) is 18.9. The summed E-state index contributed by atoms with van der Waals surface area (Å²) in [5.41, 5.74) is 1.66. The molecule has 0 saturated heterocycles. The van der Waals surface area contributed by atoms with Gasteiger partial charge < -0.3 is 5.32 Å². The number of hydrogen-bond donors (Lipinski definition) is 1. The molecule has 0 bridgehead atoms. The van der Waals surface area contributed by atoms with Crippen LogP contribution in [-0.4, -0.2) is 5.91 Å². The fourth-order valence-corrected chi connectivity index (χ4v) is 2.07. The normalized spacial score (nSPS) is 11.4. The SMILES string of the molecule is N#CC(Cc1ccccc1)C(=O)Nc1ccc(Br)cc1. The van der Waals surface area contributed by atoms with Crippen LogP contribution >= 0.6 is 15.9 Å². The Kier molecular flexibility index (Phi) is 4.91. The minimum Gasteiger partial charge on any atom is -0.325 e. The van der Waals surface area contributed by atoms with Gasteiger partial charge in [-0.15, -0.1) is 0 Å². The smallest absolute Gasteiger partial charge is 0.242 e. The van der Waals surface area contributed by atoms with Crippen LogP contribution in [0.1, 0.15) is 5.56 Å². The molecule has 2 aromatic carbocycles. The molecule has 0 aliphatic rings. The van der Waals surface area contributed by atoms with E-state index in [9.17, 15) is 4.79 Å². The van der Waals surface area contributed by atoms with Crippen LogP contribution in [0.2, 0.25) is 0 Å². The lowest BCUT2D eigenvalue weighted by Crippen LogP contribution is -2.23. The molecule has 2 rings (SSSR count). The molecule has 4 heteroatoms. The number of carbonyl (C=O) groups is 1. The number of halogens is 1. The summed E-state index contributed by atoms with van der Waals surface area (Å²) in [5, 5.41) is 11.9. The van der Waals surface area contributed by atoms with Crippen molar-refractivity contribution in [2.24, 2.45) is 5.92 Å². The van der Waals surface area contributed by atoms with Gasteiger partial charge >= 0.3 is 0 Å². The summed E-state index contributed by atoms with van der Waals surface area (Å²) in [7, 11) is 0. The van der Waals surface area contributed by atoms with Gasteiger partial charge in [0.2, 0.25) is 5.91 Å². The Hall–Kier alpha value is -2.12. The molecule has 0 saturated carbocycles. The second-order valence-corrected chi connectivity index (χ2v) is 5.28. The Balaban J connectivity index is 2.03. The Morgan fingerprint density at radius 3 is 2.40 bits per heavy atom. The van der Waals surface area contributed by atoms with Crippen molar-refractivity contribution >= 4 is 27.5 Å². The van der Waals surface area contributed by atoms with Crippen LogP contribution in [0, 0.1) is 17.2 Å². The van der Waals surface area contributed by atoms with Gasteiger partial charge in [-0.05, 0) is 36.2 Å². The van der Waals surface area contributed by atoms with Gasteiger partial charge in [-0.25, -0.2) is 0 Å². The number of nitriles is 1. The fourth-order valence-electron chi connectivity index (χ4n) is 1.81. The molecule has 0 fully saturated rings. The van der Waals surface area contributed by atoms with Crippen molar-refractivity contribution in [3.8, 4) is 6.07 Å². The van der Waals surface area contributed by atoms with E-state index in [0.717, 1.165) is 10.0 Å². The molecule has 0 spiro atoms. The number of amides is 1. The number of nitrogens with one attached hydrogen (secondary N) is 1. The van der Waals surface area contributed by atoms with Gasteiger partial charge in [0.15, 0.2) is 0 Å². The monoisotopic (exact) mass is 328 g/mol. The zero-order valence-electron chi connectivity index (χ0n) is 10.7. The van der Waals surface area contributed by atoms with E-state index in [1.807, 2.05) is 42.5 Å². The molecular weight excluding hydrogens is 316 g/mol. The summed E-state index contributed by atoms with van der Waals surface area (Å²) < 4.78 is 0.941. The van der Waals surface area contributed by atoms with E-state index in [1.165, 1.54) is 0 Å². The van der Waals surface area contributed by atoms with E-state index in [0.29, 0.717) is 12.1 Å². The van der Waals surface area contributed by atoms with Gasteiger partial charge in [0.1, 0.15) is 5.92 Å². The van der Waals surface area contributed by atoms with Gasteiger partial charge in [0, 0.05) is 10.2 Å². The van der Waals surface area contributed by atoms with Crippen LogP contribution in [0.15, 0.2) is 59.1 Å². The molecule has 0 aliphatic heterocycles. The highest BCUT2D eigenvalue weighted by molar-refractivity contribution is 9.10. The first-order valence-electron chi connectivity index (χ1n) is 6.19. The fraction of sp³-hybridized carbons (Fsp3) is 0.125. The lowest BCUT2D eigenvalue weighted by Gasteiger charge is -2.10. The molecule has 2 aromatic rings. The largest absolute Gasteiger partial charge is 0.325 e. The second-order valence-electron chi connectivity index (χ2n) is 4.37. The summed E-state index contributed by atoms with van der Waals surface area (Å²) in [4.78, 5) is 12.1. The van der Waals surface area contributed by atoms with Crippen LogP contribution in [0.25, 0.3) is 0 Å². The standard InChI is InChI=1S/C16H13BrN2O/c17-14-6-8-15(9-7-14)19-16(20)13(11-18)10-12-4-2-1-3-5-12/h1-9,13H,10H2,(H,19,20). The third-order valence-electron chi connectivity index (χ3n) is 2.87. The van der Waals surface area contributed by atoms with Crippen LogP contribution in [0.5, 0.6) is 0 Å². The predicted molar refractivity (Wildman–Crippen MR) is 82.0 cm³/mol. The average Bonchev–Trinajstić information content (AvgIpc) is 2.48. The lowest BCUT2D eigenvalue weighted by molar-refractivity contribution is -0.118. The summed E-state index contributed by atoms with van der Waals surface area (Å²) in [5.74, 6) is -0.972. The summed E-state index contributed by atoms with van der Waals surface area (Å²) >= 11 is 3.33. The zero-order chi connectivity index (χ0) is 14.4. The topological polar surface area (TPSA) is 52.9 Å². The van der Waals surface area contributed by atoms with E-state index in [2.05, 4.69) is 27.3 Å². The lowest BCUT2D eigenvalue weighted by atomic mass is 10.00. The van der Waals surface area contributed by atoms with Crippen molar-refractivity contribution in [1.82, 2.24) is 0 Å². The molecule has 0 radical (unpaired) electrons. The van der Waals surface area contributed by atoms with E-state index in [4.69, 9.17) is 5.26 Å². The zero-order valence-corrected chi connectivity index (χ0v) is 12.3. The summed E-state index contributed by atoms with van der Waals surface area (Å²) in [6.07, 6.45) is 0.416. The second kappa shape index (κ2) is 6.88. The highest BCUT2D eigenvalue weighted by atomic mass is 79.9. The molecule has 3 nitrogen and oxygen atoms in total. The molecule has 0 aliphatic carbocycles. The minimum absolute atomic E-state index is 0.279. The Bertz CT molecular complexity index is 617. The maximum absolute atomic E-state index is 12.1. The number of benzene rings is 2. The molecule has 1 N–H and O–H groups in total. The highest BCUT2D eigenvalue weighted by Gasteiger charge is 2.18. The van der Waals surface area contributed by atoms with Crippen molar-refractivity contribution in [2.45, 2.75) is 6.42 Å². The Morgan fingerprint density at radius 2 is 1.80 bits per heavy atom. The maximum atomic E-state index is 12.1. The quantitative estimate of drug-likeness (QED) is 0.928. The molecule has 1 atom stereocenters. The first-order valence-corrected chi connectivity index (χ1v) is 6.98. The summed E-state index contributed by atoms with van der Waals surface area (Å²) in [6.45, 7) is 0. The van der Waals surface area contributed by atoms with Crippen LogP contribution < -0.4 is 5.32 Å². The molecule has 20 heavy (non-hydrogen) atoms. The number of hydrogen-bond acceptors (Lipinski definition) is 2. The Morgan fingerprint density at radius 1 is 1.15 bits per heavy atom. The number of rotatable bonds is 4. The van der Waals surface area contributed by atoms with Crippen molar-refractivity contribution < 1.29 is 4.79 Å². The van der Waals surface area contributed by atoms with Gasteiger partial charge in [-0.3, -0.25) is 4.79 Å². The highest BCUT2D eigenvalue weighted by Crippen LogP contribution is 2.16. The molecule has 0 aromatic heterocycles. The van der Waals surface area contributed by atoms with Crippen molar-refractivity contribution in [1.29, 1.82) is 5.26 Å². The minimum atomic E-state index is -0.693. The molecule has 100 valence electrons. The van der Waals surface area contributed by atoms with E-state index in [-0.39, 0.29) is 5.91 Å². The first-order chi connectivity index (χ1) is 9.69. The van der Waals surface area contributed by atoms with Gasteiger partial charge in [-0.2, -0.15) is 5.26 Å². The third kappa shape index (κ3) is 3.94. The average molecular weight is 329 g/mol. The van der Waals surface area contributed by atoms with Crippen LogP contribution in [0.3, 0.4) is 0 Å². The molecule has 0 heterocycles. The maximum Gasteiger partial charge on any atom is 0.242 e. The van der Waals surface area contributed by atoms with Crippen molar-refractivity contribution in [3.63, 3.8) is 0 Å². The number of nitrogens with zero attached hydrogens (tertiary/aromatic N) is 1. The molecular formula is C16H13BrN2O. The van der Waals surface area contributed by atoms with E-state index in [1.54, 1.807) is 12.1 Å². The van der Waals surface area contributed by atoms with Crippen molar-refractivity contribution in [2.75, 3.05) is 5.32 Å². The van der Waals surface area contributed by atoms with Gasteiger partial charge in [0.25, 0.3) is 0 Å². The third-order valence-corrected chi connectivity index (χ3v) is 3.40. The first kappa shape index (κ1) is 14.3. The predicted octanol–water partition coefficient (Wildman–Crippen LogP) is 3.77. The van der Waals surface area contributed by atoms with Gasteiger partial charge in [-0.1, -0.05) is 46.3 Å².